The number of carbonyl (C=O) groups excluding carboxylic acids is 1. The number of anilines is 1. The number of benzene rings is 3. The van der Waals surface area contributed by atoms with Crippen LogP contribution in [0.3, 0.4) is 0 Å². The average molecular weight is 400 g/mol. The number of ether oxygens (including phenoxy) is 2. The normalized spacial score (nSPS) is 10.8. The van der Waals surface area contributed by atoms with Crippen LogP contribution in [0, 0.1) is 17.5 Å². The van der Waals surface area contributed by atoms with Gasteiger partial charge >= 0.3 is 5.97 Å². The largest absolute Gasteiger partial charge is 0.493 e. The smallest absolute Gasteiger partial charge is 0.343 e. The zero-order valence-corrected chi connectivity index (χ0v) is 15.2. The molecule has 0 spiro atoms. The maximum absolute atomic E-state index is 13.6. The number of nitrogens with zero attached hydrogens (tertiary/aromatic N) is 1. The summed E-state index contributed by atoms with van der Waals surface area (Å²) in [4.78, 5) is 12.2. The zero-order chi connectivity index (χ0) is 20.8. The number of hydrogen-bond acceptors (Lipinski definition) is 5. The molecule has 5 nitrogen and oxygen atoms in total. The Labute approximate surface area is 164 Å². The Morgan fingerprint density at radius 2 is 1.66 bits per heavy atom. The minimum atomic E-state index is -0.775. The first kappa shape index (κ1) is 19.9. The van der Waals surface area contributed by atoms with Crippen LogP contribution in [0.2, 0.25) is 0 Å². The monoisotopic (exact) mass is 400 g/mol. The highest BCUT2D eigenvalue weighted by atomic mass is 19.1. The van der Waals surface area contributed by atoms with Crippen LogP contribution in [0.1, 0.15) is 15.9 Å². The van der Waals surface area contributed by atoms with Crippen molar-refractivity contribution in [2.24, 2.45) is 5.10 Å². The summed E-state index contributed by atoms with van der Waals surface area (Å²) in [6.07, 6.45) is 1.39. The number of hydrogen-bond donors (Lipinski definition) is 1. The van der Waals surface area contributed by atoms with E-state index in [4.69, 9.17) is 9.47 Å². The molecule has 0 heterocycles. The van der Waals surface area contributed by atoms with E-state index in [9.17, 15) is 18.0 Å². The molecule has 0 aliphatic heterocycles. The lowest BCUT2D eigenvalue weighted by Crippen LogP contribution is -2.09. The number of hydrazone groups is 1. The molecule has 3 aromatic rings. The van der Waals surface area contributed by atoms with E-state index in [2.05, 4.69) is 10.5 Å². The maximum Gasteiger partial charge on any atom is 0.343 e. The van der Waals surface area contributed by atoms with Crippen molar-refractivity contribution in [3.8, 4) is 11.5 Å². The second-order valence-corrected chi connectivity index (χ2v) is 5.80. The number of nitrogens with one attached hydrogen (secondary N) is 1. The highest BCUT2D eigenvalue weighted by molar-refractivity contribution is 5.91. The van der Waals surface area contributed by atoms with Gasteiger partial charge in [0.1, 0.15) is 11.6 Å². The van der Waals surface area contributed by atoms with Gasteiger partial charge in [0.2, 0.25) is 0 Å². The van der Waals surface area contributed by atoms with Crippen molar-refractivity contribution in [3.05, 3.63) is 89.2 Å². The van der Waals surface area contributed by atoms with Crippen LogP contribution >= 0.6 is 0 Å². The lowest BCUT2D eigenvalue weighted by atomic mass is 10.2. The molecule has 0 unspecified atom stereocenters. The van der Waals surface area contributed by atoms with Crippen LogP contribution in [-0.2, 0) is 0 Å². The first-order valence-electron chi connectivity index (χ1n) is 8.36. The molecular weight excluding hydrogens is 385 g/mol. The zero-order valence-electron chi connectivity index (χ0n) is 15.2. The van der Waals surface area contributed by atoms with Crippen LogP contribution in [0.5, 0.6) is 11.5 Å². The summed E-state index contributed by atoms with van der Waals surface area (Å²) < 4.78 is 49.9. The lowest BCUT2D eigenvalue weighted by Gasteiger charge is -2.10. The van der Waals surface area contributed by atoms with Crippen molar-refractivity contribution in [2.75, 3.05) is 12.5 Å². The minimum Gasteiger partial charge on any atom is -0.493 e. The second-order valence-electron chi connectivity index (χ2n) is 5.80. The third kappa shape index (κ3) is 5.13. The van der Waals surface area contributed by atoms with Gasteiger partial charge in [-0.1, -0.05) is 0 Å². The van der Waals surface area contributed by atoms with Crippen molar-refractivity contribution in [1.82, 2.24) is 0 Å². The van der Waals surface area contributed by atoms with Crippen molar-refractivity contribution >= 4 is 17.9 Å². The molecule has 8 heteroatoms. The summed E-state index contributed by atoms with van der Waals surface area (Å²) in [5, 5.41) is 3.89. The van der Waals surface area contributed by atoms with Crippen LogP contribution in [-0.4, -0.2) is 19.3 Å². The average Bonchev–Trinajstić information content (AvgIpc) is 2.71. The molecule has 0 saturated heterocycles. The predicted octanol–water partition coefficient (Wildman–Crippen LogP) is 4.78. The molecule has 0 aliphatic rings. The van der Waals surface area contributed by atoms with Gasteiger partial charge in [-0.3, -0.25) is 5.43 Å². The maximum atomic E-state index is 13.6. The van der Waals surface area contributed by atoms with E-state index in [1.165, 1.54) is 37.6 Å². The summed E-state index contributed by atoms with van der Waals surface area (Å²) in [6.45, 7) is 0. The Morgan fingerprint density at radius 1 is 0.931 bits per heavy atom. The molecule has 29 heavy (non-hydrogen) atoms. The van der Waals surface area contributed by atoms with Crippen LogP contribution in [0.25, 0.3) is 0 Å². The molecule has 0 amide bonds. The van der Waals surface area contributed by atoms with Gasteiger partial charge in [0, 0.05) is 6.07 Å². The standard InChI is InChI=1S/C21H15F3N2O3/c1-28-20-10-13(12-25-26-18-8-7-16(23)11-17(18)24)2-9-19(20)29-21(27)14-3-5-15(22)6-4-14/h2-12,26H,1H3/b25-12+. The molecule has 0 radical (unpaired) electrons. The molecule has 0 bridgehead atoms. The van der Waals surface area contributed by atoms with Crippen molar-refractivity contribution in [3.63, 3.8) is 0 Å². The van der Waals surface area contributed by atoms with E-state index in [-0.39, 0.29) is 22.7 Å². The van der Waals surface area contributed by atoms with E-state index in [0.29, 0.717) is 5.56 Å². The number of carbonyl (C=O) groups is 1. The molecular formula is C21H15F3N2O3. The van der Waals surface area contributed by atoms with E-state index in [1.54, 1.807) is 12.1 Å². The molecule has 0 atom stereocenters. The number of halogens is 3. The highest BCUT2D eigenvalue weighted by Gasteiger charge is 2.13. The Kier molecular flexibility index (Phi) is 6.13. The van der Waals surface area contributed by atoms with Crippen LogP contribution in [0.4, 0.5) is 18.9 Å². The summed E-state index contributed by atoms with van der Waals surface area (Å²) >= 11 is 0. The molecule has 0 aromatic heterocycles. The summed E-state index contributed by atoms with van der Waals surface area (Å²) in [5.74, 6) is -2.17. The number of methoxy groups -OCH3 is 1. The fraction of sp³-hybridized carbons (Fsp3) is 0.0476. The minimum absolute atomic E-state index is 0.0134. The van der Waals surface area contributed by atoms with Crippen LogP contribution in [0.15, 0.2) is 65.8 Å². The molecule has 3 aromatic carbocycles. The van der Waals surface area contributed by atoms with Crippen molar-refractivity contribution in [2.45, 2.75) is 0 Å². The van der Waals surface area contributed by atoms with Gasteiger partial charge in [0.15, 0.2) is 17.3 Å². The van der Waals surface area contributed by atoms with Gasteiger partial charge in [-0.2, -0.15) is 5.10 Å². The summed E-state index contributed by atoms with van der Waals surface area (Å²) in [7, 11) is 1.40. The summed E-state index contributed by atoms with van der Waals surface area (Å²) in [6, 6.07) is 12.7. The number of rotatable bonds is 6. The van der Waals surface area contributed by atoms with Gasteiger partial charge < -0.3 is 9.47 Å². The first-order valence-corrected chi connectivity index (χ1v) is 8.36. The molecule has 148 valence electrons. The van der Waals surface area contributed by atoms with Crippen molar-refractivity contribution < 1.29 is 27.4 Å². The molecule has 1 N–H and O–H groups in total. The highest BCUT2D eigenvalue weighted by Crippen LogP contribution is 2.28. The SMILES string of the molecule is COc1cc(/C=N/Nc2ccc(F)cc2F)ccc1OC(=O)c1ccc(F)cc1. The third-order valence-electron chi connectivity index (χ3n) is 3.80. The second kappa shape index (κ2) is 8.92. The Balaban J connectivity index is 1.71. The quantitative estimate of drug-likeness (QED) is 0.280. The molecule has 0 saturated carbocycles. The van der Waals surface area contributed by atoms with E-state index in [1.807, 2.05) is 0 Å². The fourth-order valence-corrected chi connectivity index (χ4v) is 2.35. The van der Waals surface area contributed by atoms with Gasteiger partial charge in [0.25, 0.3) is 0 Å². The Morgan fingerprint density at radius 3 is 2.34 bits per heavy atom. The van der Waals surface area contributed by atoms with Gasteiger partial charge in [0.05, 0.1) is 24.6 Å². The predicted molar refractivity (Wildman–Crippen MR) is 102 cm³/mol. The fourth-order valence-electron chi connectivity index (χ4n) is 2.35. The Bertz CT molecular complexity index is 1050. The molecule has 3 rings (SSSR count). The van der Waals surface area contributed by atoms with Gasteiger partial charge in [-0.15, -0.1) is 0 Å². The lowest BCUT2D eigenvalue weighted by molar-refractivity contribution is 0.0729. The third-order valence-corrected chi connectivity index (χ3v) is 3.80. The van der Waals surface area contributed by atoms with E-state index >= 15 is 0 Å². The van der Waals surface area contributed by atoms with E-state index in [0.717, 1.165) is 24.3 Å². The Hall–Kier alpha value is -3.81. The van der Waals surface area contributed by atoms with Crippen LogP contribution < -0.4 is 14.9 Å². The first-order chi connectivity index (χ1) is 14.0. The van der Waals surface area contributed by atoms with E-state index < -0.39 is 23.4 Å². The van der Waals surface area contributed by atoms with Gasteiger partial charge in [-0.25, -0.2) is 18.0 Å². The topological polar surface area (TPSA) is 59.9 Å². The van der Waals surface area contributed by atoms with Gasteiger partial charge in [-0.05, 0) is 60.2 Å². The molecule has 0 fully saturated rings. The molecule has 0 aliphatic carbocycles. The number of esters is 1. The van der Waals surface area contributed by atoms with Crippen molar-refractivity contribution in [1.29, 1.82) is 0 Å². The summed E-state index contributed by atoms with van der Waals surface area (Å²) in [5.41, 5.74) is 3.24.